The lowest BCUT2D eigenvalue weighted by molar-refractivity contribution is 0.164. The number of rotatable bonds is 5. The van der Waals surface area contributed by atoms with Crippen LogP contribution < -0.4 is 0 Å². The molecule has 2 aliphatic rings. The summed E-state index contributed by atoms with van der Waals surface area (Å²) in [6.45, 7) is 9.14. The molecule has 3 rings (SSSR count). The first kappa shape index (κ1) is 16.7. The summed E-state index contributed by atoms with van der Waals surface area (Å²) in [5.74, 6) is 0.621. The standard InChI is InChI=1S/C19H26O3S/c1-14-5-7-17(8-6-14)23(20,21)22-12-10-16-13-15-9-11-19(16,4)18(15,2)3/h5-8,13,15H,9-12H2,1-4H3/t15-,19+/m1/s1. The third-order valence-electron chi connectivity index (χ3n) is 6.34. The van der Waals surface area contributed by atoms with Crippen LogP contribution in [0.1, 0.15) is 45.6 Å². The smallest absolute Gasteiger partial charge is 0.266 e. The minimum absolute atomic E-state index is 0.189. The highest BCUT2D eigenvalue weighted by atomic mass is 32.2. The Morgan fingerprint density at radius 2 is 1.83 bits per heavy atom. The predicted molar refractivity (Wildman–Crippen MR) is 91.6 cm³/mol. The Morgan fingerprint density at radius 3 is 2.35 bits per heavy atom. The highest BCUT2D eigenvalue weighted by Gasteiger charge is 2.56. The van der Waals surface area contributed by atoms with Crippen molar-refractivity contribution in [3.63, 3.8) is 0 Å². The molecule has 4 heteroatoms. The molecule has 1 aromatic carbocycles. The molecule has 3 nitrogen and oxygen atoms in total. The van der Waals surface area contributed by atoms with Gasteiger partial charge in [0, 0.05) is 0 Å². The maximum absolute atomic E-state index is 12.2. The summed E-state index contributed by atoms with van der Waals surface area (Å²) in [7, 11) is -3.66. The molecule has 0 unspecified atom stereocenters. The summed E-state index contributed by atoms with van der Waals surface area (Å²) < 4.78 is 29.8. The highest BCUT2D eigenvalue weighted by molar-refractivity contribution is 7.86. The Balaban J connectivity index is 1.65. The normalized spacial score (nSPS) is 28.9. The molecule has 0 amide bonds. The zero-order chi connectivity index (χ0) is 16.9. The fourth-order valence-electron chi connectivity index (χ4n) is 4.22. The fraction of sp³-hybridized carbons (Fsp3) is 0.579. The first-order chi connectivity index (χ1) is 10.7. The lowest BCUT2D eigenvalue weighted by atomic mass is 9.67. The molecule has 2 atom stereocenters. The topological polar surface area (TPSA) is 43.4 Å². The Morgan fingerprint density at radius 1 is 1.17 bits per heavy atom. The SMILES string of the molecule is Cc1ccc(S(=O)(=O)OCCC2=C[C@H]3CC[C@]2(C)C3(C)C)cc1. The van der Waals surface area contributed by atoms with E-state index in [-0.39, 0.29) is 22.3 Å². The van der Waals surface area contributed by atoms with Crippen LogP contribution in [-0.2, 0) is 14.3 Å². The van der Waals surface area contributed by atoms with E-state index < -0.39 is 10.1 Å². The highest BCUT2D eigenvalue weighted by Crippen LogP contribution is 2.65. The fourth-order valence-corrected chi connectivity index (χ4v) is 5.13. The summed E-state index contributed by atoms with van der Waals surface area (Å²) >= 11 is 0. The second-order valence-corrected chi connectivity index (χ2v) is 9.35. The third kappa shape index (κ3) is 2.66. The molecule has 0 aliphatic heterocycles. The van der Waals surface area contributed by atoms with Crippen molar-refractivity contribution in [3.8, 4) is 0 Å². The molecule has 0 saturated heterocycles. The Labute approximate surface area is 139 Å². The average molecular weight is 334 g/mol. The van der Waals surface area contributed by atoms with E-state index >= 15 is 0 Å². The summed E-state index contributed by atoms with van der Waals surface area (Å²) in [5, 5.41) is 0. The summed E-state index contributed by atoms with van der Waals surface area (Å²) in [6.07, 6.45) is 5.50. The van der Waals surface area contributed by atoms with Crippen molar-refractivity contribution in [2.75, 3.05) is 6.61 Å². The molecule has 0 N–H and O–H groups in total. The van der Waals surface area contributed by atoms with Gasteiger partial charge in [-0.2, -0.15) is 8.42 Å². The van der Waals surface area contributed by atoms with Gasteiger partial charge in [0.1, 0.15) is 0 Å². The molecule has 2 bridgehead atoms. The number of allylic oxidation sites excluding steroid dienone is 1. The number of aryl methyl sites for hydroxylation is 1. The Hall–Kier alpha value is -1.13. The van der Waals surface area contributed by atoms with Gasteiger partial charge in [-0.1, -0.05) is 50.1 Å². The van der Waals surface area contributed by atoms with Crippen LogP contribution in [0.25, 0.3) is 0 Å². The van der Waals surface area contributed by atoms with Gasteiger partial charge < -0.3 is 0 Å². The van der Waals surface area contributed by atoms with E-state index in [2.05, 4.69) is 26.8 Å². The quantitative estimate of drug-likeness (QED) is 0.589. The van der Waals surface area contributed by atoms with Gasteiger partial charge in [0.2, 0.25) is 0 Å². The average Bonchev–Trinajstić information content (AvgIpc) is 2.81. The van der Waals surface area contributed by atoms with Gasteiger partial charge in [0.25, 0.3) is 10.1 Å². The lowest BCUT2D eigenvalue weighted by Crippen LogP contribution is -2.30. The van der Waals surface area contributed by atoms with E-state index in [0.29, 0.717) is 12.3 Å². The third-order valence-corrected chi connectivity index (χ3v) is 7.66. The van der Waals surface area contributed by atoms with Gasteiger partial charge in [-0.3, -0.25) is 4.18 Å². The molecule has 0 heterocycles. The minimum Gasteiger partial charge on any atom is -0.266 e. The summed E-state index contributed by atoms with van der Waals surface area (Å²) in [4.78, 5) is 0.233. The molecule has 2 aliphatic carbocycles. The second kappa shape index (κ2) is 5.45. The van der Waals surface area contributed by atoms with E-state index in [0.717, 1.165) is 5.56 Å². The first-order valence-corrected chi connectivity index (χ1v) is 9.75. The van der Waals surface area contributed by atoms with Gasteiger partial charge in [0.15, 0.2) is 0 Å². The molecule has 1 aromatic rings. The molecular formula is C19H26O3S. The number of benzene rings is 1. The van der Waals surface area contributed by atoms with Gasteiger partial charge >= 0.3 is 0 Å². The second-order valence-electron chi connectivity index (χ2n) is 7.73. The molecule has 126 valence electrons. The number of fused-ring (bicyclic) bond motifs is 2. The Kier molecular flexibility index (Phi) is 3.96. The zero-order valence-corrected chi connectivity index (χ0v) is 15.2. The van der Waals surface area contributed by atoms with Crippen molar-refractivity contribution < 1.29 is 12.6 Å². The van der Waals surface area contributed by atoms with Crippen LogP contribution in [-0.4, -0.2) is 15.0 Å². The van der Waals surface area contributed by atoms with Crippen LogP contribution in [0.15, 0.2) is 40.8 Å². The van der Waals surface area contributed by atoms with Crippen LogP contribution >= 0.6 is 0 Å². The largest absolute Gasteiger partial charge is 0.296 e. The van der Waals surface area contributed by atoms with Crippen molar-refractivity contribution in [2.45, 2.75) is 51.9 Å². The molecule has 0 aromatic heterocycles. The van der Waals surface area contributed by atoms with Crippen LogP contribution in [0.2, 0.25) is 0 Å². The predicted octanol–water partition coefficient (Wildman–Crippen LogP) is 4.47. The van der Waals surface area contributed by atoms with Crippen molar-refractivity contribution in [1.29, 1.82) is 0 Å². The van der Waals surface area contributed by atoms with Crippen LogP contribution in [0.5, 0.6) is 0 Å². The summed E-state index contributed by atoms with van der Waals surface area (Å²) in [5.41, 5.74) is 2.87. The molecular weight excluding hydrogens is 308 g/mol. The maximum Gasteiger partial charge on any atom is 0.296 e. The van der Waals surface area contributed by atoms with Gasteiger partial charge in [-0.05, 0) is 55.1 Å². The van der Waals surface area contributed by atoms with Crippen molar-refractivity contribution in [2.24, 2.45) is 16.7 Å². The van der Waals surface area contributed by atoms with Gasteiger partial charge in [-0.25, -0.2) is 0 Å². The molecule has 23 heavy (non-hydrogen) atoms. The molecule has 0 spiro atoms. The number of hydrogen-bond acceptors (Lipinski definition) is 3. The van der Waals surface area contributed by atoms with Crippen LogP contribution in [0.3, 0.4) is 0 Å². The van der Waals surface area contributed by atoms with E-state index in [9.17, 15) is 8.42 Å². The van der Waals surface area contributed by atoms with Crippen molar-refractivity contribution in [3.05, 3.63) is 41.5 Å². The summed E-state index contributed by atoms with van der Waals surface area (Å²) in [6, 6.07) is 6.79. The molecule has 1 fully saturated rings. The van der Waals surface area contributed by atoms with Gasteiger partial charge in [-0.15, -0.1) is 0 Å². The van der Waals surface area contributed by atoms with Crippen LogP contribution in [0, 0.1) is 23.7 Å². The molecule has 0 radical (unpaired) electrons. The first-order valence-electron chi connectivity index (χ1n) is 8.34. The van der Waals surface area contributed by atoms with E-state index in [4.69, 9.17) is 4.18 Å². The van der Waals surface area contributed by atoms with Gasteiger partial charge in [0.05, 0.1) is 11.5 Å². The number of hydrogen-bond donors (Lipinski definition) is 0. The van der Waals surface area contributed by atoms with E-state index in [1.54, 1.807) is 24.3 Å². The lowest BCUT2D eigenvalue weighted by Gasteiger charge is -2.37. The van der Waals surface area contributed by atoms with E-state index in [1.807, 2.05) is 6.92 Å². The minimum atomic E-state index is -3.66. The van der Waals surface area contributed by atoms with Crippen molar-refractivity contribution >= 4 is 10.1 Å². The maximum atomic E-state index is 12.2. The Bertz CT molecular complexity index is 728. The van der Waals surface area contributed by atoms with Crippen molar-refractivity contribution in [1.82, 2.24) is 0 Å². The van der Waals surface area contributed by atoms with Crippen LogP contribution in [0.4, 0.5) is 0 Å². The monoisotopic (exact) mass is 334 g/mol. The zero-order valence-electron chi connectivity index (χ0n) is 14.4. The van der Waals surface area contributed by atoms with E-state index in [1.165, 1.54) is 18.4 Å². The molecule has 1 saturated carbocycles.